The van der Waals surface area contributed by atoms with E-state index in [1.54, 1.807) is 0 Å². The molecule has 0 aromatic heterocycles. The third-order valence-corrected chi connectivity index (χ3v) is 5.39. The molecule has 0 N–H and O–H groups in total. The van der Waals surface area contributed by atoms with Crippen LogP contribution in [-0.4, -0.2) is 12.7 Å². The third-order valence-electron chi connectivity index (χ3n) is 5.39. The lowest BCUT2D eigenvalue weighted by molar-refractivity contribution is -0.188. The van der Waals surface area contributed by atoms with Crippen LogP contribution in [0.1, 0.15) is 55.2 Å². The van der Waals surface area contributed by atoms with Gasteiger partial charge in [0.15, 0.2) is 11.6 Å². The Morgan fingerprint density at radius 2 is 1.58 bits per heavy atom. The molecule has 1 aliphatic rings. The summed E-state index contributed by atoms with van der Waals surface area (Å²) in [6.45, 7) is 2.05. The van der Waals surface area contributed by atoms with E-state index in [1.807, 2.05) is 6.92 Å². The van der Waals surface area contributed by atoms with Crippen molar-refractivity contribution in [2.24, 2.45) is 0 Å². The Morgan fingerprint density at radius 3 is 2.09 bits per heavy atom. The lowest BCUT2D eigenvalue weighted by Gasteiger charge is -2.30. The summed E-state index contributed by atoms with van der Waals surface area (Å²) in [4.78, 5) is 0. The van der Waals surface area contributed by atoms with E-state index in [2.05, 4.69) is 4.74 Å². The van der Waals surface area contributed by atoms with Crippen LogP contribution in [0.5, 0.6) is 5.75 Å². The quantitative estimate of drug-likeness (QED) is 0.395. The highest BCUT2D eigenvalue weighted by atomic mass is 19.4. The molecule has 2 aromatic carbocycles. The largest absolute Gasteiger partial charge is 0.429 e. The van der Waals surface area contributed by atoms with Crippen molar-refractivity contribution in [3.8, 4) is 5.75 Å². The summed E-state index contributed by atoms with van der Waals surface area (Å²) in [5.41, 5.74) is -4.05. The first-order valence-corrected chi connectivity index (χ1v) is 10.1. The second-order valence-electron chi connectivity index (χ2n) is 7.73. The van der Waals surface area contributed by atoms with Gasteiger partial charge in [-0.25, -0.2) is 17.6 Å². The van der Waals surface area contributed by atoms with Gasteiger partial charge in [0, 0.05) is 18.1 Å². The topological polar surface area (TPSA) is 18.5 Å². The summed E-state index contributed by atoms with van der Waals surface area (Å²) in [6.07, 6.45) is -7.34. The Kier molecular flexibility index (Phi) is 7.21. The molecule has 11 heteroatoms. The molecule has 1 heterocycles. The molecule has 0 bridgehead atoms. The minimum Gasteiger partial charge on any atom is -0.429 e. The summed E-state index contributed by atoms with van der Waals surface area (Å²) < 4.78 is 133. The van der Waals surface area contributed by atoms with Gasteiger partial charge >= 0.3 is 12.3 Å². The van der Waals surface area contributed by atoms with Gasteiger partial charge in [-0.1, -0.05) is 19.4 Å². The van der Waals surface area contributed by atoms with Crippen molar-refractivity contribution in [2.45, 2.75) is 56.9 Å². The Morgan fingerprint density at radius 1 is 0.939 bits per heavy atom. The van der Waals surface area contributed by atoms with Crippen LogP contribution in [0.15, 0.2) is 24.3 Å². The Bertz CT molecular complexity index is 973. The minimum atomic E-state index is -5.42. The smallest absolute Gasteiger partial charge is 0.429 e. The number of halogens is 9. The molecule has 1 aliphatic heterocycles. The lowest BCUT2D eigenvalue weighted by atomic mass is 9.89. The fourth-order valence-corrected chi connectivity index (χ4v) is 3.79. The molecular formula is C22H19F9O2. The molecule has 1 fully saturated rings. The van der Waals surface area contributed by atoms with E-state index in [0.29, 0.717) is 18.9 Å². The molecule has 2 unspecified atom stereocenters. The maximum absolute atomic E-state index is 14.6. The van der Waals surface area contributed by atoms with Gasteiger partial charge in [0.05, 0.1) is 12.7 Å². The zero-order valence-electron chi connectivity index (χ0n) is 17.2. The molecule has 2 atom stereocenters. The highest BCUT2D eigenvalue weighted by molar-refractivity contribution is 5.35. The molecule has 1 saturated heterocycles. The van der Waals surface area contributed by atoms with E-state index in [4.69, 9.17) is 4.74 Å². The maximum Gasteiger partial charge on any atom is 0.429 e. The summed E-state index contributed by atoms with van der Waals surface area (Å²) in [7, 11) is 0. The van der Waals surface area contributed by atoms with Crippen LogP contribution in [0.3, 0.4) is 0 Å². The van der Waals surface area contributed by atoms with Crippen molar-refractivity contribution in [3.05, 3.63) is 64.2 Å². The van der Waals surface area contributed by atoms with Gasteiger partial charge in [-0.05, 0) is 30.9 Å². The highest BCUT2D eigenvalue weighted by Gasteiger charge is 2.42. The fourth-order valence-electron chi connectivity index (χ4n) is 3.79. The van der Waals surface area contributed by atoms with Crippen LogP contribution in [0.2, 0.25) is 0 Å². The Balaban J connectivity index is 1.84. The number of hydrogen-bond donors (Lipinski definition) is 0. The monoisotopic (exact) mass is 486 g/mol. The average molecular weight is 486 g/mol. The summed E-state index contributed by atoms with van der Waals surface area (Å²) in [5.74, 6) is -9.80. The van der Waals surface area contributed by atoms with Gasteiger partial charge in [0.25, 0.3) is 0 Å². The zero-order chi connectivity index (χ0) is 24.6. The maximum atomic E-state index is 14.6. The molecule has 2 nitrogen and oxygen atoms in total. The van der Waals surface area contributed by atoms with E-state index in [0.717, 1.165) is 18.9 Å². The van der Waals surface area contributed by atoms with Crippen LogP contribution in [-0.2, 0) is 17.0 Å². The molecule has 0 amide bonds. The van der Waals surface area contributed by atoms with Gasteiger partial charge in [0.1, 0.15) is 28.5 Å². The van der Waals surface area contributed by atoms with Gasteiger partial charge in [-0.2, -0.15) is 22.0 Å². The van der Waals surface area contributed by atoms with Crippen LogP contribution >= 0.6 is 0 Å². The number of ether oxygens (including phenoxy) is 2. The molecule has 33 heavy (non-hydrogen) atoms. The third kappa shape index (κ3) is 5.39. The molecule has 0 spiro atoms. The Hall–Kier alpha value is -2.43. The lowest BCUT2D eigenvalue weighted by Crippen LogP contribution is -2.27. The van der Waals surface area contributed by atoms with Gasteiger partial charge in [0.2, 0.25) is 0 Å². The molecule has 0 radical (unpaired) electrons. The molecule has 3 rings (SSSR count). The number of alkyl halides is 5. The van der Waals surface area contributed by atoms with Crippen LogP contribution < -0.4 is 4.74 Å². The van der Waals surface area contributed by atoms with Crippen molar-refractivity contribution in [3.63, 3.8) is 0 Å². The molecule has 0 saturated carbocycles. The molecule has 2 aromatic rings. The first-order chi connectivity index (χ1) is 15.3. The minimum absolute atomic E-state index is 0.0133. The van der Waals surface area contributed by atoms with E-state index in [1.165, 1.54) is 0 Å². The van der Waals surface area contributed by atoms with E-state index < -0.39 is 58.3 Å². The highest BCUT2D eigenvalue weighted by Crippen LogP contribution is 2.40. The van der Waals surface area contributed by atoms with Gasteiger partial charge < -0.3 is 9.47 Å². The van der Waals surface area contributed by atoms with E-state index >= 15 is 0 Å². The standard InChI is InChI=1S/C22H19F9O2/c1-2-3-12-5-4-11(10-32-12)14-6-7-15(20(26)19(14)25)22(30,31)33-13-8-16(23)18(17(24)9-13)21(27,28)29/h6-9,11-12H,2-5,10H2,1H3. The first-order valence-electron chi connectivity index (χ1n) is 10.1. The summed E-state index contributed by atoms with van der Waals surface area (Å²) >= 11 is 0. The van der Waals surface area contributed by atoms with Crippen molar-refractivity contribution in [2.75, 3.05) is 6.61 Å². The second kappa shape index (κ2) is 9.44. The molecule has 0 aliphatic carbocycles. The van der Waals surface area contributed by atoms with E-state index in [-0.39, 0.29) is 30.4 Å². The molecular weight excluding hydrogens is 467 g/mol. The SMILES string of the molecule is CCCC1CCC(c2ccc(C(F)(F)Oc3cc(F)c(C(F)(F)F)c(F)c3)c(F)c2F)CO1. The average Bonchev–Trinajstić information content (AvgIpc) is 2.69. The second-order valence-corrected chi connectivity index (χ2v) is 7.73. The van der Waals surface area contributed by atoms with Gasteiger partial charge in [-0.3, -0.25) is 0 Å². The van der Waals surface area contributed by atoms with Crippen molar-refractivity contribution in [1.82, 2.24) is 0 Å². The van der Waals surface area contributed by atoms with Gasteiger partial charge in [-0.15, -0.1) is 0 Å². The predicted octanol–water partition coefficient (Wildman–Crippen LogP) is 7.45. The number of rotatable bonds is 6. The number of benzene rings is 2. The van der Waals surface area contributed by atoms with E-state index in [9.17, 15) is 39.5 Å². The molecule has 182 valence electrons. The Labute approximate surface area is 183 Å². The predicted molar refractivity (Wildman–Crippen MR) is 98.9 cm³/mol. The normalized spacial score (nSPS) is 19.6. The van der Waals surface area contributed by atoms with Crippen LogP contribution in [0, 0.1) is 23.3 Å². The number of hydrogen-bond acceptors (Lipinski definition) is 2. The fraction of sp³-hybridized carbons (Fsp3) is 0.455. The first kappa shape index (κ1) is 25.2. The zero-order valence-corrected chi connectivity index (χ0v) is 17.2. The summed E-state index contributed by atoms with van der Waals surface area (Å²) in [6, 6.07) is 1.26. The van der Waals surface area contributed by atoms with Crippen LogP contribution in [0.25, 0.3) is 0 Å². The van der Waals surface area contributed by atoms with Crippen molar-refractivity contribution in [1.29, 1.82) is 0 Å². The summed E-state index contributed by atoms with van der Waals surface area (Å²) in [5, 5.41) is 0. The van der Waals surface area contributed by atoms with Crippen molar-refractivity contribution < 1.29 is 49.0 Å². The van der Waals surface area contributed by atoms with Crippen molar-refractivity contribution >= 4 is 0 Å². The van der Waals surface area contributed by atoms with Crippen LogP contribution in [0.4, 0.5) is 39.5 Å².